The summed E-state index contributed by atoms with van der Waals surface area (Å²) in [7, 11) is 0. The van der Waals surface area contributed by atoms with E-state index in [0.717, 1.165) is 23.4 Å². The van der Waals surface area contributed by atoms with Gasteiger partial charge in [-0.3, -0.25) is 9.59 Å². The molecule has 2 amide bonds. The number of fused-ring (bicyclic) bond motifs is 1. The molecule has 2 aromatic rings. The molecule has 0 saturated carbocycles. The van der Waals surface area contributed by atoms with Gasteiger partial charge in [0.1, 0.15) is 13.2 Å². The molecule has 1 aliphatic rings. The molecule has 1 unspecified atom stereocenters. The van der Waals surface area contributed by atoms with Crippen LogP contribution in [0.1, 0.15) is 33.1 Å². The lowest BCUT2D eigenvalue weighted by Gasteiger charge is -2.19. The lowest BCUT2D eigenvalue weighted by molar-refractivity contribution is -0.116. The van der Waals surface area contributed by atoms with E-state index in [-0.39, 0.29) is 17.1 Å². The fraction of sp³-hybridized carbons (Fsp3) is 0.364. The van der Waals surface area contributed by atoms with Crippen molar-refractivity contribution in [1.82, 2.24) is 0 Å². The Morgan fingerprint density at radius 3 is 2.62 bits per heavy atom. The van der Waals surface area contributed by atoms with Gasteiger partial charge in [0.2, 0.25) is 11.8 Å². The average Bonchev–Trinajstić information content (AvgIpc) is 2.73. The zero-order valence-electron chi connectivity index (χ0n) is 16.7. The molecule has 0 spiro atoms. The van der Waals surface area contributed by atoms with Gasteiger partial charge in [-0.2, -0.15) is 0 Å². The summed E-state index contributed by atoms with van der Waals surface area (Å²) >= 11 is 1.41. The highest BCUT2D eigenvalue weighted by molar-refractivity contribution is 8.00. The van der Waals surface area contributed by atoms with Crippen molar-refractivity contribution in [3.05, 3.63) is 42.5 Å². The standard InChI is InChI=1S/C22H26N2O4S/c1-3-4-9-21(25)24-17-7-5-6-8-20(17)29-15(2)22(26)23-16-10-11-18-19(14-16)28-13-12-27-18/h5-8,10-11,14-15H,3-4,9,12-13H2,1-2H3,(H,23,26)(H,24,25). The molecule has 6 nitrogen and oxygen atoms in total. The number of carbonyl (C=O) groups excluding carboxylic acids is 2. The minimum Gasteiger partial charge on any atom is -0.486 e. The fourth-order valence-corrected chi connectivity index (χ4v) is 3.78. The van der Waals surface area contributed by atoms with Crippen LogP contribution in [0.3, 0.4) is 0 Å². The van der Waals surface area contributed by atoms with Crippen LogP contribution in [0.4, 0.5) is 11.4 Å². The van der Waals surface area contributed by atoms with Crippen molar-refractivity contribution < 1.29 is 19.1 Å². The Morgan fingerprint density at radius 2 is 1.83 bits per heavy atom. The van der Waals surface area contributed by atoms with Crippen molar-refractivity contribution in [3.63, 3.8) is 0 Å². The first kappa shape index (κ1) is 21.0. The van der Waals surface area contributed by atoms with E-state index in [2.05, 4.69) is 17.6 Å². The third-order valence-corrected chi connectivity index (χ3v) is 5.58. The van der Waals surface area contributed by atoms with Crippen molar-refractivity contribution in [2.24, 2.45) is 0 Å². The molecule has 0 aromatic heterocycles. The van der Waals surface area contributed by atoms with Gasteiger partial charge in [-0.15, -0.1) is 11.8 Å². The number of carbonyl (C=O) groups is 2. The molecule has 2 N–H and O–H groups in total. The van der Waals surface area contributed by atoms with Crippen LogP contribution in [0, 0.1) is 0 Å². The van der Waals surface area contributed by atoms with Crippen LogP contribution in [0.15, 0.2) is 47.4 Å². The van der Waals surface area contributed by atoms with E-state index in [1.807, 2.05) is 31.2 Å². The van der Waals surface area contributed by atoms with Crippen molar-refractivity contribution in [2.75, 3.05) is 23.8 Å². The molecular weight excluding hydrogens is 388 g/mol. The van der Waals surface area contributed by atoms with Gasteiger partial charge in [0.05, 0.1) is 10.9 Å². The molecule has 1 aliphatic heterocycles. The quantitative estimate of drug-likeness (QED) is 0.612. The largest absolute Gasteiger partial charge is 0.486 e. The minimum atomic E-state index is -0.350. The van der Waals surface area contributed by atoms with Gasteiger partial charge in [0.25, 0.3) is 0 Å². The van der Waals surface area contributed by atoms with Crippen LogP contribution in [-0.4, -0.2) is 30.3 Å². The van der Waals surface area contributed by atoms with E-state index < -0.39 is 0 Å². The van der Waals surface area contributed by atoms with Crippen molar-refractivity contribution in [1.29, 1.82) is 0 Å². The van der Waals surface area contributed by atoms with Gasteiger partial charge in [0, 0.05) is 23.1 Å². The van der Waals surface area contributed by atoms with Gasteiger partial charge in [-0.05, 0) is 37.6 Å². The van der Waals surface area contributed by atoms with Gasteiger partial charge in [0.15, 0.2) is 11.5 Å². The van der Waals surface area contributed by atoms with Gasteiger partial charge < -0.3 is 20.1 Å². The fourth-order valence-electron chi connectivity index (χ4n) is 2.83. The average molecular weight is 415 g/mol. The third-order valence-electron chi connectivity index (χ3n) is 4.40. The zero-order chi connectivity index (χ0) is 20.6. The maximum atomic E-state index is 12.7. The molecule has 29 heavy (non-hydrogen) atoms. The number of ether oxygens (including phenoxy) is 2. The van der Waals surface area contributed by atoms with Crippen LogP contribution in [0.25, 0.3) is 0 Å². The van der Waals surface area contributed by atoms with Gasteiger partial charge in [-0.1, -0.05) is 25.5 Å². The van der Waals surface area contributed by atoms with E-state index in [9.17, 15) is 9.59 Å². The molecule has 0 bridgehead atoms. The number of anilines is 2. The Kier molecular flexibility index (Phi) is 7.41. The normalized spacial score (nSPS) is 13.4. The number of rotatable bonds is 8. The first-order valence-electron chi connectivity index (χ1n) is 9.83. The number of para-hydroxylation sites is 1. The minimum absolute atomic E-state index is 0.00622. The van der Waals surface area contributed by atoms with Crippen LogP contribution in [0.2, 0.25) is 0 Å². The Balaban J connectivity index is 1.62. The van der Waals surface area contributed by atoms with E-state index in [0.29, 0.717) is 36.8 Å². The highest BCUT2D eigenvalue weighted by atomic mass is 32.2. The Bertz CT molecular complexity index is 872. The molecule has 1 heterocycles. The summed E-state index contributed by atoms with van der Waals surface area (Å²) in [6, 6.07) is 12.9. The second kappa shape index (κ2) is 10.2. The van der Waals surface area contributed by atoms with Crippen LogP contribution >= 0.6 is 11.8 Å². The van der Waals surface area contributed by atoms with E-state index in [4.69, 9.17) is 9.47 Å². The predicted molar refractivity (Wildman–Crippen MR) is 116 cm³/mol. The summed E-state index contributed by atoms with van der Waals surface area (Å²) in [6.07, 6.45) is 2.33. The highest BCUT2D eigenvalue weighted by Crippen LogP contribution is 2.34. The van der Waals surface area contributed by atoms with Crippen molar-refractivity contribution in [3.8, 4) is 11.5 Å². The lowest BCUT2D eigenvalue weighted by Crippen LogP contribution is -2.23. The Labute approximate surface area is 175 Å². The monoisotopic (exact) mass is 414 g/mol. The number of unbranched alkanes of at least 4 members (excludes halogenated alkanes) is 1. The molecule has 7 heteroatoms. The maximum absolute atomic E-state index is 12.7. The summed E-state index contributed by atoms with van der Waals surface area (Å²) in [5.41, 5.74) is 1.39. The molecule has 2 aromatic carbocycles. The SMILES string of the molecule is CCCCC(=O)Nc1ccccc1SC(C)C(=O)Nc1ccc2c(c1)OCCO2. The molecule has 0 aliphatic carbocycles. The maximum Gasteiger partial charge on any atom is 0.237 e. The summed E-state index contributed by atoms with van der Waals surface area (Å²) < 4.78 is 11.1. The summed E-state index contributed by atoms with van der Waals surface area (Å²) in [6.45, 7) is 4.92. The predicted octanol–water partition coefficient (Wildman–Crippen LogP) is 4.71. The molecule has 0 fully saturated rings. The molecule has 3 rings (SSSR count). The number of thioether (sulfide) groups is 1. The number of nitrogens with one attached hydrogen (secondary N) is 2. The summed E-state index contributed by atoms with van der Waals surface area (Å²) in [5, 5.41) is 5.52. The molecule has 0 saturated heterocycles. The molecule has 1 atom stereocenters. The second-order valence-electron chi connectivity index (χ2n) is 6.76. The first-order valence-corrected chi connectivity index (χ1v) is 10.7. The highest BCUT2D eigenvalue weighted by Gasteiger charge is 2.18. The van der Waals surface area contributed by atoms with Crippen molar-refractivity contribution >= 4 is 35.0 Å². The van der Waals surface area contributed by atoms with Gasteiger partial charge in [-0.25, -0.2) is 0 Å². The third kappa shape index (κ3) is 5.90. The van der Waals surface area contributed by atoms with Gasteiger partial charge >= 0.3 is 0 Å². The Hall–Kier alpha value is -2.67. The lowest BCUT2D eigenvalue weighted by atomic mass is 10.2. The van der Waals surface area contributed by atoms with E-state index in [1.165, 1.54) is 11.8 Å². The van der Waals surface area contributed by atoms with Crippen LogP contribution < -0.4 is 20.1 Å². The smallest absolute Gasteiger partial charge is 0.237 e. The summed E-state index contributed by atoms with van der Waals surface area (Å²) in [5.74, 6) is 1.19. The number of hydrogen-bond donors (Lipinski definition) is 2. The Morgan fingerprint density at radius 1 is 1.07 bits per heavy atom. The molecule has 0 radical (unpaired) electrons. The second-order valence-corrected chi connectivity index (χ2v) is 8.14. The van der Waals surface area contributed by atoms with Crippen molar-refractivity contribution in [2.45, 2.75) is 43.3 Å². The van der Waals surface area contributed by atoms with Crippen LogP contribution in [0.5, 0.6) is 11.5 Å². The number of hydrogen-bond acceptors (Lipinski definition) is 5. The molecule has 154 valence electrons. The van der Waals surface area contributed by atoms with Crippen LogP contribution in [-0.2, 0) is 9.59 Å². The summed E-state index contributed by atoms with van der Waals surface area (Å²) in [4.78, 5) is 25.6. The topological polar surface area (TPSA) is 76.7 Å². The number of benzene rings is 2. The first-order chi connectivity index (χ1) is 14.1. The van der Waals surface area contributed by atoms with E-state index >= 15 is 0 Å². The van der Waals surface area contributed by atoms with E-state index in [1.54, 1.807) is 18.2 Å². The molecular formula is C22H26N2O4S. The number of amides is 2. The zero-order valence-corrected chi connectivity index (χ0v) is 17.5.